The molecule has 2 aromatic rings. The van der Waals surface area contributed by atoms with Crippen molar-refractivity contribution < 1.29 is 27.4 Å². The molecule has 9 nitrogen and oxygen atoms in total. The van der Waals surface area contributed by atoms with E-state index in [1.807, 2.05) is 0 Å². The van der Waals surface area contributed by atoms with Crippen molar-refractivity contribution in [1.82, 2.24) is 14.3 Å². The molecule has 0 unspecified atom stereocenters. The fourth-order valence-corrected chi connectivity index (χ4v) is 3.00. The van der Waals surface area contributed by atoms with E-state index >= 15 is 0 Å². The zero-order valence-corrected chi connectivity index (χ0v) is 19.6. The molecule has 0 aliphatic carbocycles. The van der Waals surface area contributed by atoms with E-state index in [1.54, 1.807) is 45.0 Å². The summed E-state index contributed by atoms with van der Waals surface area (Å²) in [6.07, 6.45) is -5.22. The third kappa shape index (κ3) is 7.63. The molecule has 34 heavy (non-hydrogen) atoms. The Kier molecular flexibility index (Phi) is 8.88. The minimum Gasteiger partial charge on any atom is -0.476 e. The van der Waals surface area contributed by atoms with E-state index in [0.29, 0.717) is 12.2 Å². The molecule has 0 bridgehead atoms. The topological polar surface area (TPSA) is 104 Å². The Labute approximate surface area is 194 Å². The SMILES string of the molecule is CCOC(=O)C(C)(C)Oc1ccc(CCNc2nn(CCCC(F)(F)F)c(=O)n(C)c2=O)cc1. The van der Waals surface area contributed by atoms with Gasteiger partial charge in [0.2, 0.25) is 5.82 Å². The van der Waals surface area contributed by atoms with Crippen LogP contribution in [0.2, 0.25) is 0 Å². The molecule has 0 radical (unpaired) electrons. The maximum atomic E-state index is 12.4. The van der Waals surface area contributed by atoms with Crippen molar-refractivity contribution in [2.24, 2.45) is 7.05 Å². The average molecular weight is 486 g/mol. The summed E-state index contributed by atoms with van der Waals surface area (Å²) in [7, 11) is 1.24. The first-order valence-electron chi connectivity index (χ1n) is 10.8. The number of carbonyl (C=O) groups excluding carboxylic acids is 1. The number of carbonyl (C=O) groups is 1. The second-order valence-electron chi connectivity index (χ2n) is 8.09. The molecule has 2 rings (SSSR count). The summed E-state index contributed by atoms with van der Waals surface area (Å²) >= 11 is 0. The van der Waals surface area contributed by atoms with E-state index in [1.165, 1.54) is 7.05 Å². The van der Waals surface area contributed by atoms with Gasteiger partial charge in [-0.05, 0) is 51.3 Å². The van der Waals surface area contributed by atoms with Crippen LogP contribution in [0.25, 0.3) is 0 Å². The predicted molar refractivity (Wildman–Crippen MR) is 119 cm³/mol. The molecule has 0 aliphatic rings. The monoisotopic (exact) mass is 486 g/mol. The number of hydrogen-bond acceptors (Lipinski definition) is 7. The fraction of sp³-hybridized carbons (Fsp3) is 0.545. The summed E-state index contributed by atoms with van der Waals surface area (Å²) in [5, 5.41) is 6.74. The molecular weight excluding hydrogens is 457 g/mol. The van der Waals surface area contributed by atoms with Crippen molar-refractivity contribution in [2.45, 2.75) is 58.4 Å². The van der Waals surface area contributed by atoms with Crippen molar-refractivity contribution in [3.8, 4) is 5.75 Å². The largest absolute Gasteiger partial charge is 0.476 e. The van der Waals surface area contributed by atoms with E-state index < -0.39 is 35.4 Å². The van der Waals surface area contributed by atoms with E-state index in [4.69, 9.17) is 9.47 Å². The van der Waals surface area contributed by atoms with Crippen molar-refractivity contribution in [1.29, 1.82) is 0 Å². The fourth-order valence-electron chi connectivity index (χ4n) is 3.00. The lowest BCUT2D eigenvalue weighted by atomic mass is 10.1. The smallest absolute Gasteiger partial charge is 0.389 e. The molecule has 0 atom stereocenters. The second kappa shape index (κ2) is 11.2. The lowest BCUT2D eigenvalue weighted by Crippen LogP contribution is -2.41. The molecular formula is C22H29F3N4O5. The molecule has 0 aliphatic heterocycles. The zero-order valence-electron chi connectivity index (χ0n) is 19.6. The number of alkyl halides is 3. The minimum atomic E-state index is -4.33. The van der Waals surface area contributed by atoms with E-state index in [9.17, 15) is 27.6 Å². The maximum absolute atomic E-state index is 12.4. The molecule has 12 heteroatoms. The molecule has 0 amide bonds. The van der Waals surface area contributed by atoms with Crippen LogP contribution in [0.15, 0.2) is 33.9 Å². The molecule has 0 spiro atoms. The van der Waals surface area contributed by atoms with Gasteiger partial charge in [0.25, 0.3) is 5.56 Å². The highest BCUT2D eigenvalue weighted by atomic mass is 19.4. The van der Waals surface area contributed by atoms with Crippen LogP contribution in [0.5, 0.6) is 5.75 Å². The molecule has 0 saturated heterocycles. The third-order valence-electron chi connectivity index (χ3n) is 4.84. The predicted octanol–water partition coefficient (Wildman–Crippen LogP) is 2.66. The Morgan fingerprint density at radius 1 is 1.15 bits per heavy atom. The highest BCUT2D eigenvalue weighted by Crippen LogP contribution is 2.22. The van der Waals surface area contributed by atoms with Gasteiger partial charge in [-0.2, -0.15) is 13.2 Å². The molecule has 188 valence electrons. The van der Waals surface area contributed by atoms with E-state index in [-0.39, 0.29) is 31.9 Å². The minimum absolute atomic E-state index is 0.120. The summed E-state index contributed by atoms with van der Waals surface area (Å²) in [6.45, 7) is 5.21. The van der Waals surface area contributed by atoms with Crippen LogP contribution in [0, 0.1) is 0 Å². The number of ether oxygens (including phenoxy) is 2. The molecule has 1 N–H and O–H groups in total. The molecule has 1 heterocycles. The van der Waals surface area contributed by atoms with Crippen LogP contribution >= 0.6 is 0 Å². The van der Waals surface area contributed by atoms with Gasteiger partial charge in [-0.1, -0.05) is 12.1 Å². The number of hydrogen-bond donors (Lipinski definition) is 1. The lowest BCUT2D eigenvalue weighted by molar-refractivity contribution is -0.158. The average Bonchev–Trinajstić information content (AvgIpc) is 2.75. The summed E-state index contributed by atoms with van der Waals surface area (Å²) in [5.41, 5.74) is -1.70. The van der Waals surface area contributed by atoms with Crippen LogP contribution < -0.4 is 21.3 Å². The maximum Gasteiger partial charge on any atom is 0.389 e. The number of halogens is 3. The lowest BCUT2D eigenvalue weighted by Gasteiger charge is -2.24. The van der Waals surface area contributed by atoms with Crippen LogP contribution in [0.4, 0.5) is 19.0 Å². The first-order valence-corrected chi connectivity index (χ1v) is 10.8. The van der Waals surface area contributed by atoms with Crippen LogP contribution in [-0.4, -0.2) is 45.2 Å². The summed E-state index contributed by atoms with van der Waals surface area (Å²) in [4.78, 5) is 36.4. The highest BCUT2D eigenvalue weighted by Gasteiger charge is 2.31. The van der Waals surface area contributed by atoms with Gasteiger partial charge >= 0.3 is 17.8 Å². The van der Waals surface area contributed by atoms with Crippen molar-refractivity contribution in [3.05, 3.63) is 50.7 Å². The molecule has 1 aromatic carbocycles. The van der Waals surface area contributed by atoms with Gasteiger partial charge in [0.05, 0.1) is 6.61 Å². The van der Waals surface area contributed by atoms with Gasteiger partial charge in [0.15, 0.2) is 5.60 Å². The van der Waals surface area contributed by atoms with Gasteiger partial charge in [-0.25, -0.2) is 14.3 Å². The Morgan fingerprint density at radius 2 is 1.79 bits per heavy atom. The number of anilines is 1. The molecule has 1 aromatic heterocycles. The summed E-state index contributed by atoms with van der Waals surface area (Å²) in [6, 6.07) is 6.99. The van der Waals surface area contributed by atoms with Gasteiger partial charge in [0, 0.05) is 26.6 Å². The third-order valence-corrected chi connectivity index (χ3v) is 4.84. The Bertz CT molecular complexity index is 1090. The normalized spacial score (nSPS) is 11.9. The first-order chi connectivity index (χ1) is 15.8. The van der Waals surface area contributed by atoms with Crippen molar-refractivity contribution in [3.63, 3.8) is 0 Å². The van der Waals surface area contributed by atoms with Crippen LogP contribution in [0.3, 0.4) is 0 Å². The quantitative estimate of drug-likeness (QED) is 0.487. The van der Waals surface area contributed by atoms with Gasteiger partial charge in [0.1, 0.15) is 5.75 Å². The van der Waals surface area contributed by atoms with Crippen molar-refractivity contribution in [2.75, 3.05) is 18.5 Å². The highest BCUT2D eigenvalue weighted by molar-refractivity contribution is 5.79. The van der Waals surface area contributed by atoms with Crippen molar-refractivity contribution >= 4 is 11.8 Å². The Hall–Kier alpha value is -3.31. The number of nitrogens with one attached hydrogen (secondary N) is 1. The number of benzene rings is 1. The van der Waals surface area contributed by atoms with Gasteiger partial charge < -0.3 is 14.8 Å². The van der Waals surface area contributed by atoms with Gasteiger partial charge in [-0.15, -0.1) is 5.10 Å². The van der Waals surface area contributed by atoms with E-state index in [0.717, 1.165) is 14.8 Å². The number of rotatable bonds is 11. The molecule has 0 fully saturated rings. The Morgan fingerprint density at radius 3 is 2.38 bits per heavy atom. The number of nitrogens with zero attached hydrogens (tertiary/aromatic N) is 3. The summed E-state index contributed by atoms with van der Waals surface area (Å²) < 4.78 is 49.5. The Balaban J connectivity index is 1.99. The molecule has 0 saturated carbocycles. The standard InChI is InChI=1S/C22H29F3N4O5/c1-5-33-19(31)21(2,3)34-16-9-7-15(8-10-16)11-13-26-17-18(30)28(4)20(32)29(27-17)14-6-12-22(23,24)25/h7-10H,5-6,11-14H2,1-4H3,(H,26,27). The van der Waals surface area contributed by atoms with Crippen LogP contribution in [-0.2, 0) is 29.5 Å². The summed E-state index contributed by atoms with van der Waals surface area (Å²) in [5.74, 6) is -0.112. The number of aryl methyl sites for hydroxylation is 1. The number of esters is 1. The second-order valence-corrected chi connectivity index (χ2v) is 8.09. The first kappa shape index (κ1) is 26.9. The van der Waals surface area contributed by atoms with Gasteiger partial charge in [-0.3, -0.25) is 9.36 Å². The number of aromatic nitrogens is 3. The zero-order chi connectivity index (χ0) is 25.5. The van der Waals surface area contributed by atoms with E-state index in [2.05, 4.69) is 10.4 Å². The van der Waals surface area contributed by atoms with Crippen LogP contribution in [0.1, 0.15) is 39.2 Å².